The van der Waals surface area contributed by atoms with Gasteiger partial charge in [-0.15, -0.1) is 0 Å². The van der Waals surface area contributed by atoms with Crippen molar-refractivity contribution in [2.45, 2.75) is 20.3 Å². The molecule has 0 saturated heterocycles. The van der Waals surface area contributed by atoms with Crippen molar-refractivity contribution in [2.75, 3.05) is 32.2 Å². The van der Waals surface area contributed by atoms with E-state index in [9.17, 15) is 0 Å². The van der Waals surface area contributed by atoms with Crippen LogP contribution in [0.4, 0.5) is 5.69 Å². The van der Waals surface area contributed by atoms with E-state index >= 15 is 0 Å². The summed E-state index contributed by atoms with van der Waals surface area (Å²) in [7, 11) is 0. The normalized spacial score (nSPS) is 10.2. The van der Waals surface area contributed by atoms with Crippen LogP contribution in [0.5, 0.6) is 11.5 Å². The number of nitrogens with two attached hydrogens (primary N) is 1. The summed E-state index contributed by atoms with van der Waals surface area (Å²) in [6.45, 7) is 6.42. The first-order valence-corrected chi connectivity index (χ1v) is 6.01. The number of anilines is 1. The maximum absolute atomic E-state index is 5.92. The van der Waals surface area contributed by atoms with E-state index < -0.39 is 0 Å². The Morgan fingerprint density at radius 3 is 2.35 bits per heavy atom. The number of hydrogen-bond acceptors (Lipinski definition) is 4. The van der Waals surface area contributed by atoms with Crippen molar-refractivity contribution >= 4 is 5.69 Å². The molecule has 0 saturated carbocycles. The second-order valence-corrected chi connectivity index (χ2v) is 3.56. The Balaban J connectivity index is 2.44. The summed E-state index contributed by atoms with van der Waals surface area (Å²) >= 11 is 0. The van der Waals surface area contributed by atoms with Gasteiger partial charge in [0.15, 0.2) is 0 Å². The Bertz CT molecular complexity index is 328. The zero-order chi connectivity index (χ0) is 12.5. The van der Waals surface area contributed by atoms with Crippen LogP contribution in [0, 0.1) is 0 Å². The van der Waals surface area contributed by atoms with Crippen LogP contribution in [-0.4, -0.2) is 26.4 Å². The van der Waals surface area contributed by atoms with Gasteiger partial charge in [-0.25, -0.2) is 0 Å². The summed E-state index contributed by atoms with van der Waals surface area (Å²) in [5.74, 6) is 1.32. The molecule has 0 unspecified atom stereocenters. The van der Waals surface area contributed by atoms with Crippen molar-refractivity contribution in [3.63, 3.8) is 0 Å². The van der Waals surface area contributed by atoms with Gasteiger partial charge in [0, 0.05) is 6.61 Å². The molecule has 0 amide bonds. The van der Waals surface area contributed by atoms with Gasteiger partial charge in [0.1, 0.15) is 23.8 Å². The molecular formula is C13H21NO3. The molecule has 0 atom stereocenters. The van der Waals surface area contributed by atoms with E-state index in [1.807, 2.05) is 25.1 Å². The summed E-state index contributed by atoms with van der Waals surface area (Å²) in [4.78, 5) is 0. The van der Waals surface area contributed by atoms with Crippen molar-refractivity contribution in [1.29, 1.82) is 0 Å². The Hall–Kier alpha value is -1.42. The van der Waals surface area contributed by atoms with Crippen LogP contribution in [0.2, 0.25) is 0 Å². The van der Waals surface area contributed by atoms with Gasteiger partial charge in [-0.2, -0.15) is 0 Å². The summed E-state index contributed by atoms with van der Waals surface area (Å²) in [5.41, 5.74) is 6.47. The van der Waals surface area contributed by atoms with Crippen molar-refractivity contribution < 1.29 is 14.2 Å². The Morgan fingerprint density at radius 2 is 1.71 bits per heavy atom. The van der Waals surface area contributed by atoms with E-state index in [1.54, 1.807) is 0 Å². The molecule has 0 bridgehead atoms. The van der Waals surface area contributed by atoms with Crippen LogP contribution in [0.25, 0.3) is 0 Å². The third kappa shape index (κ3) is 4.53. The van der Waals surface area contributed by atoms with Gasteiger partial charge in [0.05, 0.1) is 13.2 Å². The average Bonchev–Trinajstić information content (AvgIpc) is 2.33. The van der Waals surface area contributed by atoms with Crippen molar-refractivity contribution in [3.8, 4) is 11.5 Å². The molecule has 4 nitrogen and oxygen atoms in total. The molecular weight excluding hydrogens is 218 g/mol. The van der Waals surface area contributed by atoms with Gasteiger partial charge in [0.25, 0.3) is 0 Å². The third-order valence-electron chi connectivity index (χ3n) is 2.16. The second-order valence-electron chi connectivity index (χ2n) is 3.56. The molecule has 0 aliphatic carbocycles. The number of hydrogen-bond donors (Lipinski definition) is 1. The monoisotopic (exact) mass is 239 g/mol. The van der Waals surface area contributed by atoms with E-state index in [0.717, 1.165) is 13.0 Å². The van der Waals surface area contributed by atoms with E-state index in [2.05, 4.69) is 6.92 Å². The van der Waals surface area contributed by atoms with Gasteiger partial charge in [-0.1, -0.05) is 13.0 Å². The number of para-hydroxylation sites is 1. The highest BCUT2D eigenvalue weighted by Crippen LogP contribution is 2.31. The highest BCUT2D eigenvalue weighted by atomic mass is 16.5. The molecule has 0 spiro atoms. The highest BCUT2D eigenvalue weighted by molar-refractivity contribution is 5.62. The lowest BCUT2D eigenvalue weighted by Crippen LogP contribution is -2.08. The largest absolute Gasteiger partial charge is 0.492 e. The minimum absolute atomic E-state index is 0.500. The van der Waals surface area contributed by atoms with E-state index in [1.165, 1.54) is 0 Å². The van der Waals surface area contributed by atoms with Gasteiger partial charge in [0.2, 0.25) is 0 Å². The molecule has 1 aromatic carbocycles. The molecule has 2 N–H and O–H groups in total. The smallest absolute Gasteiger partial charge is 0.146 e. The third-order valence-corrected chi connectivity index (χ3v) is 2.16. The van der Waals surface area contributed by atoms with Crippen LogP contribution in [0.1, 0.15) is 20.3 Å². The van der Waals surface area contributed by atoms with Crippen LogP contribution in [-0.2, 0) is 4.74 Å². The summed E-state index contributed by atoms with van der Waals surface area (Å²) in [6.07, 6.45) is 1.02. The van der Waals surface area contributed by atoms with Gasteiger partial charge >= 0.3 is 0 Å². The molecule has 4 heteroatoms. The Kier molecular flexibility index (Phi) is 6.25. The SMILES string of the molecule is CCCOCCOc1cccc(OCC)c1N. The zero-order valence-electron chi connectivity index (χ0n) is 10.6. The molecule has 17 heavy (non-hydrogen) atoms. The molecule has 0 radical (unpaired) electrons. The Labute approximate surface area is 103 Å². The number of nitrogen functional groups attached to an aromatic ring is 1. The first-order chi connectivity index (χ1) is 8.29. The molecule has 1 aromatic rings. The lowest BCUT2D eigenvalue weighted by atomic mass is 10.3. The second kappa shape index (κ2) is 7.79. The lowest BCUT2D eigenvalue weighted by Gasteiger charge is -2.12. The average molecular weight is 239 g/mol. The van der Waals surface area contributed by atoms with E-state index in [4.69, 9.17) is 19.9 Å². The maximum atomic E-state index is 5.92. The van der Waals surface area contributed by atoms with Gasteiger partial charge in [-0.05, 0) is 25.5 Å². The first-order valence-electron chi connectivity index (χ1n) is 6.01. The van der Waals surface area contributed by atoms with Crippen molar-refractivity contribution in [2.24, 2.45) is 0 Å². The molecule has 0 aliphatic heterocycles. The number of rotatable bonds is 8. The molecule has 0 aliphatic rings. The van der Waals surface area contributed by atoms with Crippen LogP contribution in [0.15, 0.2) is 18.2 Å². The topological polar surface area (TPSA) is 53.7 Å². The first kappa shape index (κ1) is 13.6. The van der Waals surface area contributed by atoms with Crippen molar-refractivity contribution in [3.05, 3.63) is 18.2 Å². The fourth-order valence-corrected chi connectivity index (χ4v) is 1.39. The van der Waals surface area contributed by atoms with Crippen LogP contribution < -0.4 is 15.2 Å². The number of ether oxygens (including phenoxy) is 3. The zero-order valence-corrected chi connectivity index (χ0v) is 10.6. The lowest BCUT2D eigenvalue weighted by molar-refractivity contribution is 0.101. The van der Waals surface area contributed by atoms with Gasteiger partial charge in [-0.3, -0.25) is 0 Å². The predicted molar refractivity (Wildman–Crippen MR) is 68.6 cm³/mol. The Morgan fingerprint density at radius 1 is 1.00 bits per heavy atom. The molecule has 96 valence electrons. The minimum Gasteiger partial charge on any atom is -0.492 e. The number of benzene rings is 1. The standard InChI is InChI=1S/C13H21NO3/c1-3-8-15-9-10-17-12-7-5-6-11(13(12)14)16-4-2/h5-7H,3-4,8-10,14H2,1-2H3. The summed E-state index contributed by atoms with van der Waals surface area (Å²) in [5, 5.41) is 0. The fraction of sp³-hybridized carbons (Fsp3) is 0.538. The molecule has 0 aromatic heterocycles. The highest BCUT2D eigenvalue weighted by Gasteiger charge is 2.06. The van der Waals surface area contributed by atoms with Crippen LogP contribution >= 0.6 is 0 Å². The quantitative estimate of drug-likeness (QED) is 0.559. The van der Waals surface area contributed by atoms with E-state index in [-0.39, 0.29) is 0 Å². The molecule has 0 fully saturated rings. The summed E-state index contributed by atoms with van der Waals surface area (Å²) < 4.78 is 16.3. The van der Waals surface area contributed by atoms with Crippen LogP contribution in [0.3, 0.4) is 0 Å². The maximum Gasteiger partial charge on any atom is 0.146 e. The predicted octanol–water partition coefficient (Wildman–Crippen LogP) is 2.47. The fourth-order valence-electron chi connectivity index (χ4n) is 1.39. The van der Waals surface area contributed by atoms with E-state index in [0.29, 0.717) is 37.0 Å². The molecule has 0 heterocycles. The van der Waals surface area contributed by atoms with Crippen molar-refractivity contribution in [1.82, 2.24) is 0 Å². The minimum atomic E-state index is 0.500. The summed E-state index contributed by atoms with van der Waals surface area (Å²) in [6, 6.07) is 5.53. The molecule has 1 rings (SSSR count). The van der Waals surface area contributed by atoms with Gasteiger partial charge < -0.3 is 19.9 Å².